The van der Waals surface area contributed by atoms with Crippen molar-refractivity contribution in [2.75, 3.05) is 31.6 Å². The van der Waals surface area contributed by atoms with Crippen molar-refractivity contribution >= 4 is 5.69 Å². The molecule has 0 unspecified atom stereocenters. The van der Waals surface area contributed by atoms with Crippen LogP contribution in [-0.2, 0) is 5.41 Å². The molecule has 1 aromatic rings. The van der Waals surface area contributed by atoms with Gasteiger partial charge in [-0.3, -0.25) is 0 Å². The molecule has 0 amide bonds. The van der Waals surface area contributed by atoms with Crippen LogP contribution in [0.15, 0.2) is 18.2 Å². The molecule has 1 saturated carbocycles. The van der Waals surface area contributed by atoms with Gasteiger partial charge in [0.1, 0.15) is 5.75 Å². The van der Waals surface area contributed by atoms with E-state index in [9.17, 15) is 0 Å². The monoisotopic (exact) mass is 288 g/mol. The van der Waals surface area contributed by atoms with Crippen LogP contribution in [0.5, 0.6) is 5.75 Å². The maximum atomic E-state index is 6.23. The minimum absolute atomic E-state index is 0.124. The highest BCUT2D eigenvalue weighted by atomic mass is 16.5. The zero-order valence-electron chi connectivity index (χ0n) is 13.2. The molecule has 0 aromatic heterocycles. The van der Waals surface area contributed by atoms with E-state index in [1.807, 2.05) is 0 Å². The first kappa shape index (κ1) is 14.7. The normalized spacial score (nSPS) is 21.5. The van der Waals surface area contributed by atoms with Gasteiger partial charge in [-0.25, -0.2) is 0 Å². The molecule has 0 spiro atoms. The van der Waals surface area contributed by atoms with Crippen molar-refractivity contribution in [2.24, 2.45) is 5.73 Å². The summed E-state index contributed by atoms with van der Waals surface area (Å²) < 4.78 is 5.67. The van der Waals surface area contributed by atoms with Gasteiger partial charge in [0.15, 0.2) is 0 Å². The molecule has 0 bridgehead atoms. The van der Waals surface area contributed by atoms with Crippen molar-refractivity contribution in [2.45, 2.75) is 50.4 Å². The van der Waals surface area contributed by atoms with Gasteiger partial charge in [0.25, 0.3) is 0 Å². The Balaban J connectivity index is 1.99. The van der Waals surface area contributed by atoms with E-state index < -0.39 is 0 Å². The lowest BCUT2D eigenvalue weighted by molar-refractivity contribution is 0.288. The smallest absolute Gasteiger partial charge is 0.122 e. The van der Waals surface area contributed by atoms with Crippen LogP contribution in [0.4, 0.5) is 5.69 Å². The number of ether oxygens (including phenoxy) is 1. The Morgan fingerprint density at radius 1 is 1.10 bits per heavy atom. The average Bonchev–Trinajstić information content (AvgIpc) is 3.09. The van der Waals surface area contributed by atoms with Crippen LogP contribution in [0.25, 0.3) is 0 Å². The average molecular weight is 288 g/mol. The molecular formula is C18H28N2O. The first-order chi connectivity index (χ1) is 10.3. The van der Waals surface area contributed by atoms with Gasteiger partial charge in [0, 0.05) is 36.3 Å². The molecule has 2 aliphatic rings. The van der Waals surface area contributed by atoms with E-state index in [0.29, 0.717) is 0 Å². The predicted octanol–water partition coefficient (Wildman–Crippen LogP) is 3.46. The summed E-state index contributed by atoms with van der Waals surface area (Å²) in [7, 11) is 1.78. The van der Waals surface area contributed by atoms with E-state index in [2.05, 4.69) is 23.1 Å². The molecule has 3 rings (SSSR count). The van der Waals surface area contributed by atoms with Crippen LogP contribution in [0.1, 0.15) is 50.5 Å². The third-order valence-electron chi connectivity index (χ3n) is 5.43. The van der Waals surface area contributed by atoms with Gasteiger partial charge in [-0.1, -0.05) is 19.3 Å². The summed E-state index contributed by atoms with van der Waals surface area (Å²) in [6.45, 7) is 3.09. The predicted molar refractivity (Wildman–Crippen MR) is 88.3 cm³/mol. The highest BCUT2D eigenvalue weighted by Crippen LogP contribution is 2.44. The topological polar surface area (TPSA) is 38.5 Å². The highest BCUT2D eigenvalue weighted by molar-refractivity contribution is 5.56. The van der Waals surface area contributed by atoms with Crippen molar-refractivity contribution in [3.8, 4) is 5.75 Å². The zero-order chi connectivity index (χ0) is 14.7. The summed E-state index contributed by atoms with van der Waals surface area (Å²) in [6, 6.07) is 6.72. The molecule has 1 aromatic carbocycles. The SMILES string of the molecule is COc1ccc(N2CCCC2)cc1C1(CN)CCCCC1. The second-order valence-electron chi connectivity index (χ2n) is 6.62. The van der Waals surface area contributed by atoms with Crippen LogP contribution in [0, 0.1) is 0 Å². The molecule has 2 fully saturated rings. The van der Waals surface area contributed by atoms with Crippen molar-refractivity contribution in [3.63, 3.8) is 0 Å². The lowest BCUT2D eigenvalue weighted by Crippen LogP contribution is -2.37. The molecule has 1 aliphatic heterocycles. The number of hydrogen-bond donors (Lipinski definition) is 1. The summed E-state index contributed by atoms with van der Waals surface area (Å²) >= 11 is 0. The van der Waals surface area contributed by atoms with Gasteiger partial charge in [0.05, 0.1) is 7.11 Å². The maximum absolute atomic E-state index is 6.23. The van der Waals surface area contributed by atoms with Gasteiger partial charge in [-0.15, -0.1) is 0 Å². The summed E-state index contributed by atoms with van der Waals surface area (Å²) in [5.74, 6) is 1.02. The molecule has 1 saturated heterocycles. The quantitative estimate of drug-likeness (QED) is 0.922. The molecule has 1 aliphatic carbocycles. The van der Waals surface area contributed by atoms with Crippen molar-refractivity contribution in [3.05, 3.63) is 23.8 Å². The lowest BCUT2D eigenvalue weighted by atomic mass is 9.69. The Kier molecular flexibility index (Phi) is 4.39. The Labute approximate surface area is 128 Å². The number of anilines is 1. The Bertz CT molecular complexity index is 474. The first-order valence-electron chi connectivity index (χ1n) is 8.43. The van der Waals surface area contributed by atoms with Gasteiger partial charge >= 0.3 is 0 Å². The molecular weight excluding hydrogens is 260 g/mol. The van der Waals surface area contributed by atoms with Crippen LogP contribution in [-0.4, -0.2) is 26.7 Å². The van der Waals surface area contributed by atoms with Crippen molar-refractivity contribution in [1.29, 1.82) is 0 Å². The van der Waals surface area contributed by atoms with Crippen molar-refractivity contribution in [1.82, 2.24) is 0 Å². The molecule has 116 valence electrons. The second-order valence-corrected chi connectivity index (χ2v) is 6.62. The molecule has 21 heavy (non-hydrogen) atoms. The largest absolute Gasteiger partial charge is 0.496 e. The number of rotatable bonds is 4. The molecule has 0 radical (unpaired) electrons. The highest BCUT2D eigenvalue weighted by Gasteiger charge is 2.35. The van der Waals surface area contributed by atoms with Crippen LogP contribution in [0.3, 0.4) is 0 Å². The van der Waals surface area contributed by atoms with E-state index in [-0.39, 0.29) is 5.41 Å². The number of nitrogens with two attached hydrogens (primary N) is 1. The van der Waals surface area contributed by atoms with E-state index in [1.165, 1.54) is 69.3 Å². The van der Waals surface area contributed by atoms with E-state index >= 15 is 0 Å². The fourth-order valence-electron chi connectivity index (χ4n) is 4.09. The fourth-order valence-corrected chi connectivity index (χ4v) is 4.09. The van der Waals surface area contributed by atoms with E-state index in [0.717, 1.165) is 12.3 Å². The molecule has 2 N–H and O–H groups in total. The standard InChI is InChI=1S/C18H28N2O/c1-21-17-8-7-15(20-11-5-6-12-20)13-16(17)18(14-19)9-3-2-4-10-18/h7-8,13H,2-6,9-12,14,19H2,1H3. The van der Waals surface area contributed by atoms with Crippen LogP contribution >= 0.6 is 0 Å². The number of methoxy groups -OCH3 is 1. The third kappa shape index (κ3) is 2.76. The van der Waals surface area contributed by atoms with Gasteiger partial charge < -0.3 is 15.4 Å². The molecule has 3 nitrogen and oxygen atoms in total. The summed E-state index contributed by atoms with van der Waals surface area (Å²) in [5.41, 5.74) is 9.05. The lowest BCUT2D eigenvalue weighted by Gasteiger charge is -2.38. The minimum Gasteiger partial charge on any atom is -0.496 e. The first-order valence-corrected chi connectivity index (χ1v) is 8.43. The fraction of sp³-hybridized carbons (Fsp3) is 0.667. The molecule has 3 heteroatoms. The molecule has 1 heterocycles. The zero-order valence-corrected chi connectivity index (χ0v) is 13.2. The van der Waals surface area contributed by atoms with Crippen LogP contribution < -0.4 is 15.4 Å². The Morgan fingerprint density at radius 3 is 2.43 bits per heavy atom. The summed E-state index contributed by atoms with van der Waals surface area (Å²) in [6.07, 6.45) is 8.93. The number of hydrogen-bond acceptors (Lipinski definition) is 3. The van der Waals surface area contributed by atoms with E-state index in [1.54, 1.807) is 7.11 Å². The van der Waals surface area contributed by atoms with Gasteiger partial charge in [0.2, 0.25) is 0 Å². The minimum atomic E-state index is 0.124. The van der Waals surface area contributed by atoms with Gasteiger partial charge in [-0.05, 0) is 43.9 Å². The second kappa shape index (κ2) is 6.27. The number of benzene rings is 1. The Morgan fingerprint density at radius 2 is 1.81 bits per heavy atom. The van der Waals surface area contributed by atoms with Crippen molar-refractivity contribution < 1.29 is 4.74 Å². The maximum Gasteiger partial charge on any atom is 0.122 e. The third-order valence-corrected chi connectivity index (χ3v) is 5.43. The number of nitrogens with zero attached hydrogens (tertiary/aromatic N) is 1. The summed E-state index contributed by atoms with van der Waals surface area (Å²) in [5, 5.41) is 0. The molecule has 0 atom stereocenters. The van der Waals surface area contributed by atoms with Gasteiger partial charge in [-0.2, -0.15) is 0 Å². The van der Waals surface area contributed by atoms with Crippen LogP contribution in [0.2, 0.25) is 0 Å². The Hall–Kier alpha value is -1.22. The summed E-state index contributed by atoms with van der Waals surface area (Å²) in [4.78, 5) is 2.50. The van der Waals surface area contributed by atoms with E-state index in [4.69, 9.17) is 10.5 Å².